The molecule has 0 bridgehead atoms. The van der Waals surface area contributed by atoms with Gasteiger partial charge in [0.05, 0.1) is 0 Å². The summed E-state index contributed by atoms with van der Waals surface area (Å²) in [4.78, 5) is 88.4. The van der Waals surface area contributed by atoms with Crippen molar-refractivity contribution in [2.45, 2.75) is 111 Å². The molecule has 1 aromatic carbocycles. The molecule has 50 heavy (non-hydrogen) atoms. The van der Waals surface area contributed by atoms with E-state index in [1.807, 2.05) is 13.8 Å². The van der Waals surface area contributed by atoms with E-state index >= 15 is 0 Å². The average molecular weight is 710 g/mol. The van der Waals surface area contributed by atoms with Gasteiger partial charge in [0, 0.05) is 54.1 Å². The van der Waals surface area contributed by atoms with Crippen molar-refractivity contribution in [1.82, 2.24) is 4.90 Å². The second kappa shape index (κ2) is 18.3. The highest BCUT2D eigenvalue weighted by molar-refractivity contribution is 5.84. The van der Waals surface area contributed by atoms with E-state index in [4.69, 9.17) is 42.6 Å². The first-order chi connectivity index (χ1) is 23.6. The van der Waals surface area contributed by atoms with Gasteiger partial charge in [-0.1, -0.05) is 6.92 Å². The minimum absolute atomic E-state index is 0.0499. The third-order valence-electron chi connectivity index (χ3n) is 7.46. The van der Waals surface area contributed by atoms with E-state index in [0.717, 1.165) is 40.2 Å². The van der Waals surface area contributed by atoms with Gasteiger partial charge in [0.15, 0.2) is 36.1 Å². The van der Waals surface area contributed by atoms with Crippen LogP contribution in [0.15, 0.2) is 12.1 Å². The lowest BCUT2D eigenvalue weighted by atomic mass is 9.97. The van der Waals surface area contributed by atoms with Gasteiger partial charge in [-0.2, -0.15) is 0 Å². The lowest BCUT2D eigenvalue weighted by Crippen LogP contribution is -2.64. The van der Waals surface area contributed by atoms with Crippen LogP contribution in [0.1, 0.15) is 65.5 Å². The molecule has 17 nitrogen and oxygen atoms in total. The lowest BCUT2D eigenvalue weighted by Gasteiger charge is -2.45. The molecule has 3 rings (SSSR count). The first-order valence-electron chi connectivity index (χ1n) is 15.9. The molecular weight excluding hydrogens is 666 g/mol. The predicted octanol–water partition coefficient (Wildman–Crippen LogP) is 1.45. The average Bonchev–Trinajstić information content (AvgIpc) is 3.47. The van der Waals surface area contributed by atoms with Crippen molar-refractivity contribution in [3.63, 3.8) is 0 Å². The van der Waals surface area contributed by atoms with Gasteiger partial charge < -0.3 is 52.3 Å². The Morgan fingerprint density at radius 2 is 1.46 bits per heavy atom. The minimum Gasteiger partial charge on any atom is -0.463 e. The molecule has 0 spiro atoms. The quantitative estimate of drug-likeness (QED) is 0.135. The minimum atomic E-state index is -1.75. The van der Waals surface area contributed by atoms with E-state index in [9.17, 15) is 33.6 Å². The number of aldehydes is 1. The number of esters is 5. The van der Waals surface area contributed by atoms with Gasteiger partial charge >= 0.3 is 29.8 Å². The van der Waals surface area contributed by atoms with Crippen molar-refractivity contribution < 1.29 is 76.2 Å². The number of ether oxygens (including phenoxy) is 9. The van der Waals surface area contributed by atoms with Gasteiger partial charge in [-0.3, -0.25) is 28.8 Å². The highest BCUT2D eigenvalue weighted by Crippen LogP contribution is 2.36. The topological polar surface area (TPSA) is 206 Å². The molecular formula is C33H43NO16. The highest BCUT2D eigenvalue weighted by atomic mass is 16.7. The Balaban J connectivity index is 2.05. The molecule has 7 atom stereocenters. The van der Waals surface area contributed by atoms with Crippen molar-refractivity contribution in [3.05, 3.63) is 23.3 Å². The van der Waals surface area contributed by atoms with Crippen LogP contribution in [0.25, 0.3) is 0 Å². The van der Waals surface area contributed by atoms with Gasteiger partial charge in [0.25, 0.3) is 5.91 Å². The van der Waals surface area contributed by atoms with E-state index in [2.05, 4.69) is 0 Å². The number of hydrogen-bond donors (Lipinski definition) is 0. The summed E-state index contributed by atoms with van der Waals surface area (Å²) >= 11 is 0. The molecule has 0 aromatic heterocycles. The predicted molar refractivity (Wildman–Crippen MR) is 166 cm³/mol. The Hall–Kier alpha value is -4.77. The number of nitrogens with zero attached hydrogens (tertiary/aromatic N) is 1. The number of carbonyl (C=O) groups excluding carboxylic acids is 7. The highest BCUT2D eigenvalue weighted by Gasteiger charge is 2.54. The molecule has 1 fully saturated rings. The fourth-order valence-electron chi connectivity index (χ4n) is 5.46. The Morgan fingerprint density at radius 1 is 0.860 bits per heavy atom. The Kier molecular flexibility index (Phi) is 14.5. The molecule has 276 valence electrons. The van der Waals surface area contributed by atoms with E-state index < -0.39 is 91.7 Å². The zero-order chi connectivity index (χ0) is 37.1. The maximum atomic E-state index is 14.2. The smallest absolute Gasteiger partial charge is 0.303 e. The summed E-state index contributed by atoms with van der Waals surface area (Å²) in [5.74, 6) is -3.88. The van der Waals surface area contributed by atoms with E-state index in [-0.39, 0.29) is 19.9 Å². The summed E-state index contributed by atoms with van der Waals surface area (Å²) in [6.07, 6.45) is -10.7. The van der Waals surface area contributed by atoms with Crippen LogP contribution in [0.5, 0.6) is 11.5 Å². The lowest BCUT2D eigenvalue weighted by molar-refractivity contribution is -0.321. The number of carbonyl (C=O) groups is 7. The fourth-order valence-corrected chi connectivity index (χ4v) is 5.46. The van der Waals surface area contributed by atoms with E-state index in [1.165, 1.54) is 4.90 Å². The van der Waals surface area contributed by atoms with Gasteiger partial charge in [-0.15, -0.1) is 0 Å². The first kappa shape index (κ1) is 39.7. The Labute approximate surface area is 288 Å². The molecule has 0 radical (unpaired) electrons. The molecule has 0 saturated carbocycles. The maximum Gasteiger partial charge on any atom is 0.303 e. The monoisotopic (exact) mass is 709 g/mol. The second-order valence-corrected chi connectivity index (χ2v) is 11.6. The molecule has 1 saturated heterocycles. The number of amides is 1. The second-order valence-electron chi connectivity index (χ2n) is 11.6. The molecule has 17 heteroatoms. The third kappa shape index (κ3) is 10.9. The maximum absolute atomic E-state index is 14.2. The van der Waals surface area contributed by atoms with Crippen LogP contribution >= 0.6 is 0 Å². The van der Waals surface area contributed by atoms with Gasteiger partial charge in [0.2, 0.25) is 12.9 Å². The molecule has 0 unspecified atom stereocenters. The number of rotatable bonds is 16. The van der Waals surface area contributed by atoms with E-state index in [0.29, 0.717) is 29.8 Å². The van der Waals surface area contributed by atoms with Crippen LogP contribution in [0.3, 0.4) is 0 Å². The normalized spacial score (nSPS) is 21.9. The Morgan fingerprint density at radius 3 is 2.02 bits per heavy atom. The van der Waals surface area contributed by atoms with Crippen LogP contribution < -0.4 is 9.47 Å². The van der Waals surface area contributed by atoms with Crippen LogP contribution in [-0.4, -0.2) is 110 Å². The van der Waals surface area contributed by atoms with Gasteiger partial charge in [0.1, 0.15) is 25.1 Å². The fraction of sp³-hybridized carbons (Fsp3) is 0.606. The largest absolute Gasteiger partial charge is 0.463 e. The van der Waals surface area contributed by atoms with Crippen LogP contribution in [0.2, 0.25) is 0 Å². The molecule has 0 N–H and O–H groups in total. The van der Waals surface area contributed by atoms with E-state index in [1.54, 1.807) is 12.1 Å². The SMILES string of the molecule is CCCN(Cc1cc2c(cc1C)OCO2)C(=O)[C@@H](OC(C)=O)[C@@H](CC=O)O[C@@H]1O[C@H](COC(C)=O)[C@H](OC(C)=O)[C@H](OC(C)=O)[C@H]1OC(C)=O. The number of hydrogen-bond acceptors (Lipinski definition) is 16. The molecule has 2 aliphatic rings. The number of aryl methyl sites for hydroxylation is 1. The van der Waals surface area contributed by atoms with Crippen LogP contribution in [0.4, 0.5) is 0 Å². The summed E-state index contributed by atoms with van der Waals surface area (Å²) < 4.78 is 49.9. The van der Waals surface area contributed by atoms with Crippen LogP contribution in [0, 0.1) is 6.92 Å². The summed E-state index contributed by atoms with van der Waals surface area (Å²) in [5.41, 5.74) is 1.51. The zero-order valence-corrected chi connectivity index (χ0v) is 29.0. The standard InChI is InChI=1S/C33H43NO16/c1-8-10-34(14-23-13-26-25(12-17(23)2)43-16-44-26)32(41)29(46-20(5)38)24(9-11-35)49-33-31(48-22(7)40)30(47-21(6)39)28(45-19(4)37)27(50-33)15-42-18(3)36/h11-13,24,27-31,33H,8-10,14-16H2,1-7H3/t24-,27-,28+,29+,30+,31-,33-/m1/s1. The van der Waals surface area contributed by atoms with Crippen molar-refractivity contribution in [2.75, 3.05) is 19.9 Å². The number of fused-ring (bicyclic) bond motifs is 1. The molecule has 0 aliphatic carbocycles. The molecule has 1 amide bonds. The zero-order valence-electron chi connectivity index (χ0n) is 29.0. The van der Waals surface area contributed by atoms with Gasteiger partial charge in [-0.05, 0) is 36.6 Å². The van der Waals surface area contributed by atoms with Crippen molar-refractivity contribution in [3.8, 4) is 11.5 Å². The van der Waals surface area contributed by atoms with Crippen LogP contribution in [-0.2, 0) is 73.3 Å². The molecule has 1 aromatic rings. The molecule has 2 heterocycles. The van der Waals surface area contributed by atoms with Crippen molar-refractivity contribution in [2.24, 2.45) is 0 Å². The molecule has 2 aliphatic heterocycles. The first-order valence-corrected chi connectivity index (χ1v) is 15.9. The Bertz CT molecular complexity index is 1430. The number of benzene rings is 1. The summed E-state index contributed by atoms with van der Waals surface area (Å²) in [5, 5.41) is 0. The third-order valence-corrected chi connectivity index (χ3v) is 7.46. The summed E-state index contributed by atoms with van der Waals surface area (Å²) in [6.45, 7) is 8.79. The van der Waals surface area contributed by atoms with Crippen molar-refractivity contribution in [1.29, 1.82) is 0 Å². The van der Waals surface area contributed by atoms with Gasteiger partial charge in [-0.25, -0.2) is 0 Å². The summed E-state index contributed by atoms with van der Waals surface area (Å²) in [6, 6.07) is 3.52. The van der Waals surface area contributed by atoms with Crippen molar-refractivity contribution >= 4 is 42.0 Å². The summed E-state index contributed by atoms with van der Waals surface area (Å²) in [7, 11) is 0.